The number of hydrogen-bond acceptors (Lipinski definition) is 4. The van der Waals surface area contributed by atoms with Gasteiger partial charge in [0.1, 0.15) is 18.7 Å². The minimum Gasteiger partial charge on any atom is -0.361 e. The van der Waals surface area contributed by atoms with E-state index in [-0.39, 0.29) is 8.80 Å². The lowest BCUT2D eigenvalue weighted by Gasteiger charge is -2.08. The lowest BCUT2D eigenvalue weighted by Crippen LogP contribution is -2.08. The Kier molecular flexibility index (Phi) is 5.68. The van der Waals surface area contributed by atoms with E-state index in [9.17, 15) is 0 Å². The highest BCUT2D eigenvalue weighted by Gasteiger charge is 2.17. The van der Waals surface area contributed by atoms with E-state index in [0.29, 0.717) is 6.73 Å². The first-order valence-corrected chi connectivity index (χ1v) is 12.6. The Morgan fingerprint density at radius 3 is 2.89 bits per heavy atom. The molecule has 0 amide bonds. The van der Waals surface area contributed by atoms with Gasteiger partial charge in [0.15, 0.2) is 0 Å². The van der Waals surface area contributed by atoms with Crippen LogP contribution in [0, 0.1) is 5.92 Å². The molecule has 1 aliphatic carbocycles. The van der Waals surface area contributed by atoms with Gasteiger partial charge in [0.05, 0.1) is 11.9 Å². The summed E-state index contributed by atoms with van der Waals surface area (Å²) in [7, 11) is -0.235. The molecule has 0 aromatic carbocycles. The van der Waals surface area contributed by atoms with Crippen molar-refractivity contribution in [3.8, 4) is 11.3 Å². The summed E-state index contributed by atoms with van der Waals surface area (Å²) in [6, 6.07) is 3.25. The average Bonchev–Trinajstić information content (AvgIpc) is 3.40. The third-order valence-corrected chi connectivity index (χ3v) is 6.56. The SMILES string of the molecule is C[Si](C)CCOCn1ccc2c(-c3cnn(CC4CCCC4)c3)ncnc21. The molecule has 0 spiro atoms. The topological polar surface area (TPSA) is 57.8 Å². The van der Waals surface area contributed by atoms with Gasteiger partial charge in [-0.05, 0) is 30.9 Å². The van der Waals surface area contributed by atoms with E-state index in [1.165, 1.54) is 31.7 Å². The quantitative estimate of drug-likeness (QED) is 0.432. The predicted molar refractivity (Wildman–Crippen MR) is 109 cm³/mol. The summed E-state index contributed by atoms with van der Waals surface area (Å²) in [5, 5.41) is 5.63. The van der Waals surface area contributed by atoms with Crippen molar-refractivity contribution in [2.24, 2.45) is 5.92 Å². The molecule has 1 aliphatic rings. The molecule has 0 bridgehead atoms. The molecule has 7 heteroatoms. The average molecular weight is 383 g/mol. The van der Waals surface area contributed by atoms with Gasteiger partial charge in [-0.2, -0.15) is 5.10 Å². The van der Waals surface area contributed by atoms with Crippen molar-refractivity contribution in [2.75, 3.05) is 6.61 Å². The van der Waals surface area contributed by atoms with E-state index in [4.69, 9.17) is 4.74 Å². The van der Waals surface area contributed by atoms with Crippen molar-refractivity contribution >= 4 is 19.8 Å². The monoisotopic (exact) mass is 382 g/mol. The van der Waals surface area contributed by atoms with Crippen molar-refractivity contribution in [2.45, 2.75) is 58.1 Å². The standard InChI is InChI=1S/C20H28N5OSi/c1-27(2)10-9-26-15-24-8-7-18-19(21-14-22-20(18)24)17-11-23-25(13-17)12-16-5-3-4-6-16/h7-8,11,13-14,16H,3-6,9-10,12,15H2,1-2H3. The Morgan fingerprint density at radius 2 is 2.07 bits per heavy atom. The fourth-order valence-electron chi connectivity index (χ4n) is 3.82. The first-order valence-electron chi connectivity index (χ1n) is 9.90. The molecule has 0 unspecified atom stereocenters. The van der Waals surface area contributed by atoms with E-state index in [1.54, 1.807) is 6.33 Å². The summed E-state index contributed by atoms with van der Waals surface area (Å²) in [5.74, 6) is 0.773. The zero-order chi connectivity index (χ0) is 18.6. The highest BCUT2D eigenvalue weighted by atomic mass is 28.3. The molecular formula is C20H28N5OSi. The second-order valence-electron chi connectivity index (χ2n) is 7.84. The minimum absolute atomic E-state index is 0.235. The molecule has 3 heterocycles. The van der Waals surface area contributed by atoms with Crippen LogP contribution < -0.4 is 0 Å². The van der Waals surface area contributed by atoms with Gasteiger partial charge in [-0.1, -0.05) is 25.9 Å². The summed E-state index contributed by atoms with van der Waals surface area (Å²) in [5.41, 5.74) is 2.93. The van der Waals surface area contributed by atoms with Crippen LogP contribution in [0.3, 0.4) is 0 Å². The number of rotatable bonds is 8. The van der Waals surface area contributed by atoms with Gasteiger partial charge >= 0.3 is 0 Å². The fraction of sp³-hybridized carbons (Fsp3) is 0.550. The molecular weight excluding hydrogens is 354 g/mol. The number of ether oxygens (including phenoxy) is 1. The summed E-state index contributed by atoms with van der Waals surface area (Å²) >= 11 is 0. The summed E-state index contributed by atoms with van der Waals surface area (Å²) in [6.45, 7) is 6.99. The van der Waals surface area contributed by atoms with Gasteiger partial charge in [0, 0.05) is 45.3 Å². The van der Waals surface area contributed by atoms with Crippen molar-refractivity contribution < 1.29 is 4.74 Å². The smallest absolute Gasteiger partial charge is 0.145 e. The van der Waals surface area contributed by atoms with E-state index >= 15 is 0 Å². The summed E-state index contributed by atoms with van der Waals surface area (Å²) in [6.07, 6.45) is 13.1. The maximum Gasteiger partial charge on any atom is 0.145 e. The molecule has 6 nitrogen and oxygen atoms in total. The Hall–Kier alpha value is -1.99. The molecule has 143 valence electrons. The Labute approximate surface area is 162 Å². The fourth-order valence-corrected chi connectivity index (χ4v) is 4.37. The molecule has 27 heavy (non-hydrogen) atoms. The first-order chi connectivity index (χ1) is 13.2. The van der Waals surface area contributed by atoms with Crippen LogP contribution in [0.5, 0.6) is 0 Å². The molecule has 1 radical (unpaired) electrons. The van der Waals surface area contributed by atoms with Crippen molar-refractivity contribution in [3.63, 3.8) is 0 Å². The van der Waals surface area contributed by atoms with Gasteiger partial charge in [-0.15, -0.1) is 0 Å². The zero-order valence-corrected chi connectivity index (χ0v) is 17.3. The van der Waals surface area contributed by atoms with Crippen LogP contribution in [0.1, 0.15) is 25.7 Å². The minimum atomic E-state index is -0.235. The van der Waals surface area contributed by atoms with Crippen LogP contribution in [-0.2, 0) is 18.0 Å². The third kappa shape index (κ3) is 4.30. The van der Waals surface area contributed by atoms with E-state index in [0.717, 1.165) is 41.4 Å². The van der Waals surface area contributed by atoms with E-state index < -0.39 is 0 Å². The highest BCUT2D eigenvalue weighted by molar-refractivity contribution is 6.55. The molecule has 4 rings (SSSR count). The Morgan fingerprint density at radius 1 is 1.22 bits per heavy atom. The first kappa shape index (κ1) is 18.4. The summed E-state index contributed by atoms with van der Waals surface area (Å²) < 4.78 is 9.97. The molecule has 1 fully saturated rings. The molecule has 0 aliphatic heterocycles. The Bertz CT molecular complexity index is 882. The molecule has 1 saturated carbocycles. The normalized spacial score (nSPS) is 15.4. The van der Waals surface area contributed by atoms with Crippen molar-refractivity contribution in [3.05, 3.63) is 31.0 Å². The van der Waals surface area contributed by atoms with Gasteiger partial charge in [-0.3, -0.25) is 4.68 Å². The molecule has 0 atom stereocenters. The lowest BCUT2D eigenvalue weighted by molar-refractivity contribution is 0.0902. The molecule has 3 aromatic heterocycles. The van der Waals surface area contributed by atoms with E-state index in [1.807, 2.05) is 12.4 Å². The number of nitrogens with zero attached hydrogens (tertiary/aromatic N) is 5. The second kappa shape index (κ2) is 8.35. The number of fused-ring (bicyclic) bond motifs is 1. The van der Waals surface area contributed by atoms with Crippen molar-refractivity contribution in [1.29, 1.82) is 0 Å². The van der Waals surface area contributed by atoms with Crippen LogP contribution in [0.25, 0.3) is 22.3 Å². The lowest BCUT2D eigenvalue weighted by atomic mass is 10.1. The number of hydrogen-bond donors (Lipinski definition) is 0. The van der Waals surface area contributed by atoms with Crippen LogP contribution in [0.15, 0.2) is 31.0 Å². The van der Waals surface area contributed by atoms with Crippen LogP contribution in [0.2, 0.25) is 19.1 Å². The van der Waals surface area contributed by atoms with Gasteiger partial charge in [0.2, 0.25) is 0 Å². The van der Waals surface area contributed by atoms with Crippen LogP contribution >= 0.6 is 0 Å². The molecule has 3 aromatic rings. The zero-order valence-electron chi connectivity index (χ0n) is 16.3. The van der Waals surface area contributed by atoms with Gasteiger partial charge in [-0.25, -0.2) is 9.97 Å². The Balaban J connectivity index is 1.50. The molecule has 0 N–H and O–H groups in total. The third-order valence-electron chi connectivity index (χ3n) is 5.36. The van der Waals surface area contributed by atoms with Crippen LogP contribution in [0.4, 0.5) is 0 Å². The van der Waals surface area contributed by atoms with Gasteiger partial charge in [0.25, 0.3) is 0 Å². The van der Waals surface area contributed by atoms with E-state index in [2.05, 4.69) is 49.7 Å². The highest BCUT2D eigenvalue weighted by Crippen LogP contribution is 2.28. The van der Waals surface area contributed by atoms with Gasteiger partial charge < -0.3 is 9.30 Å². The summed E-state index contributed by atoms with van der Waals surface area (Å²) in [4.78, 5) is 9.02. The van der Waals surface area contributed by atoms with Crippen molar-refractivity contribution in [1.82, 2.24) is 24.3 Å². The number of aromatic nitrogens is 5. The molecule has 0 saturated heterocycles. The largest absolute Gasteiger partial charge is 0.361 e. The predicted octanol–water partition coefficient (Wildman–Crippen LogP) is 4.21. The maximum absolute atomic E-state index is 5.83. The maximum atomic E-state index is 5.83. The van der Waals surface area contributed by atoms with Crippen LogP contribution in [-0.4, -0.2) is 39.7 Å². The second-order valence-corrected chi connectivity index (χ2v) is 10.8.